The SMILES string of the molecule is COC(=O)[C@H](COC(C)(C)C)NC(=S)[C@H](CCCCNC(=O)OCC1c2ccccc2-c2ccccc21)NC(=O)OC(C)(C)C. The Morgan fingerprint density at radius 1 is 0.822 bits per heavy atom. The Hall–Kier alpha value is -3.70. The fraction of sp³-hybridized carbons (Fsp3) is 0.529. The molecule has 1 aliphatic rings. The van der Waals surface area contributed by atoms with Gasteiger partial charge >= 0.3 is 18.2 Å². The molecule has 2 aromatic carbocycles. The predicted octanol–water partition coefficient (Wildman–Crippen LogP) is 5.86. The number of rotatable bonds is 13. The van der Waals surface area contributed by atoms with Crippen molar-refractivity contribution >= 4 is 35.4 Å². The molecular weight excluding hydrogens is 594 g/mol. The van der Waals surface area contributed by atoms with Crippen molar-refractivity contribution in [3.8, 4) is 11.1 Å². The lowest BCUT2D eigenvalue weighted by Crippen LogP contribution is -2.53. The zero-order valence-electron chi connectivity index (χ0n) is 27.4. The third-order valence-electron chi connectivity index (χ3n) is 7.03. The number of fused-ring (bicyclic) bond motifs is 3. The Bertz CT molecular complexity index is 1290. The summed E-state index contributed by atoms with van der Waals surface area (Å²) in [7, 11) is 1.29. The average molecular weight is 642 g/mol. The van der Waals surface area contributed by atoms with Crippen molar-refractivity contribution in [1.82, 2.24) is 16.0 Å². The van der Waals surface area contributed by atoms with Gasteiger partial charge in [-0.2, -0.15) is 0 Å². The predicted molar refractivity (Wildman–Crippen MR) is 177 cm³/mol. The largest absolute Gasteiger partial charge is 0.467 e. The van der Waals surface area contributed by atoms with Gasteiger partial charge in [-0.1, -0.05) is 60.7 Å². The lowest BCUT2D eigenvalue weighted by Gasteiger charge is -2.28. The number of esters is 1. The third kappa shape index (κ3) is 11.3. The molecule has 11 heteroatoms. The van der Waals surface area contributed by atoms with E-state index in [1.807, 2.05) is 45.0 Å². The Kier molecular flexibility index (Phi) is 12.7. The molecule has 2 atom stereocenters. The third-order valence-corrected chi connectivity index (χ3v) is 7.43. The minimum atomic E-state index is -0.861. The molecule has 0 aliphatic heterocycles. The van der Waals surface area contributed by atoms with Gasteiger partial charge in [-0.15, -0.1) is 0 Å². The summed E-state index contributed by atoms with van der Waals surface area (Å²) in [5.74, 6) is -0.552. The van der Waals surface area contributed by atoms with Crippen LogP contribution in [0.2, 0.25) is 0 Å². The summed E-state index contributed by atoms with van der Waals surface area (Å²) in [6.07, 6.45) is 0.525. The summed E-state index contributed by atoms with van der Waals surface area (Å²) in [4.78, 5) is 37.8. The molecule has 1 aliphatic carbocycles. The number of benzene rings is 2. The van der Waals surface area contributed by atoms with E-state index in [4.69, 9.17) is 31.2 Å². The number of carbonyl (C=O) groups is 3. The molecule has 0 saturated heterocycles. The fourth-order valence-corrected chi connectivity index (χ4v) is 5.27. The van der Waals surface area contributed by atoms with Gasteiger partial charge in [-0.05, 0) is 83.1 Å². The van der Waals surface area contributed by atoms with Crippen LogP contribution in [0.25, 0.3) is 11.1 Å². The summed E-state index contributed by atoms with van der Waals surface area (Å²) >= 11 is 5.61. The van der Waals surface area contributed by atoms with Crippen LogP contribution < -0.4 is 16.0 Å². The first-order chi connectivity index (χ1) is 21.2. The highest BCUT2D eigenvalue weighted by Gasteiger charge is 2.30. The van der Waals surface area contributed by atoms with Crippen molar-refractivity contribution in [2.45, 2.75) is 90.0 Å². The molecule has 10 nitrogen and oxygen atoms in total. The normalized spacial score (nSPS) is 13.9. The van der Waals surface area contributed by atoms with Crippen LogP contribution in [0.1, 0.15) is 77.8 Å². The van der Waals surface area contributed by atoms with Gasteiger partial charge in [0.25, 0.3) is 0 Å². The molecule has 45 heavy (non-hydrogen) atoms. The van der Waals surface area contributed by atoms with E-state index in [-0.39, 0.29) is 24.1 Å². The monoisotopic (exact) mass is 641 g/mol. The first kappa shape index (κ1) is 35.8. The average Bonchev–Trinajstić information content (AvgIpc) is 3.29. The zero-order valence-corrected chi connectivity index (χ0v) is 28.2. The van der Waals surface area contributed by atoms with Gasteiger partial charge in [-0.25, -0.2) is 14.4 Å². The second-order valence-corrected chi connectivity index (χ2v) is 13.4. The fourth-order valence-electron chi connectivity index (χ4n) is 4.95. The van der Waals surface area contributed by atoms with E-state index in [2.05, 4.69) is 40.2 Å². The van der Waals surface area contributed by atoms with Crippen molar-refractivity contribution in [3.63, 3.8) is 0 Å². The van der Waals surface area contributed by atoms with Crippen molar-refractivity contribution in [2.75, 3.05) is 26.9 Å². The number of hydrogen-bond acceptors (Lipinski definition) is 8. The summed E-state index contributed by atoms with van der Waals surface area (Å²) in [6, 6.07) is 14.9. The molecule has 0 spiro atoms. The highest BCUT2D eigenvalue weighted by atomic mass is 32.1. The van der Waals surface area contributed by atoms with Gasteiger partial charge in [0.1, 0.15) is 18.2 Å². The zero-order chi connectivity index (χ0) is 33.2. The van der Waals surface area contributed by atoms with Gasteiger partial charge in [0.2, 0.25) is 0 Å². The van der Waals surface area contributed by atoms with Gasteiger partial charge in [-0.3, -0.25) is 0 Å². The molecule has 3 N–H and O–H groups in total. The Morgan fingerprint density at radius 3 is 1.98 bits per heavy atom. The number of methoxy groups -OCH3 is 1. The molecule has 3 rings (SSSR count). The van der Waals surface area contributed by atoms with Crippen molar-refractivity contribution < 1.29 is 33.3 Å². The highest BCUT2D eigenvalue weighted by molar-refractivity contribution is 7.80. The number of hydrogen-bond donors (Lipinski definition) is 3. The number of thiocarbonyl (C=S) groups is 1. The van der Waals surface area contributed by atoms with E-state index < -0.39 is 41.4 Å². The number of alkyl carbamates (subject to hydrolysis) is 2. The molecule has 246 valence electrons. The number of nitrogens with one attached hydrogen (secondary N) is 3. The van der Waals surface area contributed by atoms with E-state index in [9.17, 15) is 14.4 Å². The Balaban J connectivity index is 1.52. The molecule has 0 aromatic heterocycles. The Labute approximate surface area is 271 Å². The van der Waals surface area contributed by atoms with E-state index in [1.54, 1.807) is 20.8 Å². The van der Waals surface area contributed by atoms with E-state index in [0.29, 0.717) is 25.8 Å². The lowest BCUT2D eigenvalue weighted by molar-refractivity contribution is -0.145. The lowest BCUT2D eigenvalue weighted by atomic mass is 9.98. The summed E-state index contributed by atoms with van der Waals surface area (Å²) in [5.41, 5.74) is 3.46. The Morgan fingerprint density at radius 2 is 1.42 bits per heavy atom. The standard InChI is InChI=1S/C34H47N3O7S/c1-33(2,3)43-21-28(30(38)41-7)36-29(45)27(37-32(40)44-34(4,5)6)18-12-13-19-35-31(39)42-20-26-24-16-10-8-14-22(24)23-15-9-11-17-25(23)26/h8-11,14-17,26-28H,12-13,18-21H2,1-7H3,(H,35,39)(H,36,45)(H,37,40)/t27-,28-/m0/s1. The van der Waals surface area contributed by atoms with Crippen LogP contribution in [0.5, 0.6) is 0 Å². The molecule has 0 unspecified atom stereocenters. The second-order valence-electron chi connectivity index (χ2n) is 13.0. The minimum Gasteiger partial charge on any atom is -0.467 e. The first-order valence-electron chi connectivity index (χ1n) is 15.3. The van der Waals surface area contributed by atoms with E-state index >= 15 is 0 Å². The summed E-state index contributed by atoms with van der Waals surface area (Å²) < 4.78 is 21.7. The number of ether oxygens (including phenoxy) is 4. The molecule has 2 amide bonds. The first-order valence-corrected chi connectivity index (χ1v) is 15.7. The molecule has 0 saturated carbocycles. The maximum Gasteiger partial charge on any atom is 0.408 e. The molecule has 0 heterocycles. The number of unbranched alkanes of at least 4 members (excludes halogenated alkanes) is 1. The highest BCUT2D eigenvalue weighted by Crippen LogP contribution is 2.44. The van der Waals surface area contributed by atoms with Crippen LogP contribution in [-0.4, -0.2) is 73.3 Å². The molecule has 2 aromatic rings. The van der Waals surface area contributed by atoms with Crippen molar-refractivity contribution in [3.05, 3.63) is 59.7 Å². The molecule has 0 radical (unpaired) electrons. The van der Waals surface area contributed by atoms with Crippen molar-refractivity contribution in [2.24, 2.45) is 0 Å². The smallest absolute Gasteiger partial charge is 0.408 e. The molecular formula is C34H47N3O7S. The minimum absolute atomic E-state index is 0.0148. The summed E-state index contributed by atoms with van der Waals surface area (Å²) in [5, 5.41) is 8.62. The molecule has 0 bridgehead atoms. The number of carbonyl (C=O) groups excluding carboxylic acids is 3. The quantitative estimate of drug-likeness (QED) is 0.107. The maximum atomic E-state index is 12.6. The van der Waals surface area contributed by atoms with E-state index in [1.165, 1.54) is 18.2 Å². The van der Waals surface area contributed by atoms with Crippen LogP contribution in [0.15, 0.2) is 48.5 Å². The number of amides is 2. The van der Waals surface area contributed by atoms with E-state index in [0.717, 1.165) is 11.1 Å². The second kappa shape index (κ2) is 16.0. The van der Waals surface area contributed by atoms with Gasteiger partial charge in [0.05, 0.1) is 30.3 Å². The van der Waals surface area contributed by atoms with Crippen LogP contribution >= 0.6 is 12.2 Å². The molecule has 0 fully saturated rings. The van der Waals surface area contributed by atoms with Crippen LogP contribution in [0, 0.1) is 0 Å². The van der Waals surface area contributed by atoms with Gasteiger partial charge in [0, 0.05) is 12.5 Å². The van der Waals surface area contributed by atoms with Crippen LogP contribution in [0.4, 0.5) is 9.59 Å². The van der Waals surface area contributed by atoms with Crippen LogP contribution in [-0.2, 0) is 23.7 Å². The van der Waals surface area contributed by atoms with Gasteiger partial charge < -0.3 is 34.9 Å². The maximum absolute atomic E-state index is 12.6. The van der Waals surface area contributed by atoms with Gasteiger partial charge in [0.15, 0.2) is 0 Å². The van der Waals surface area contributed by atoms with Crippen molar-refractivity contribution in [1.29, 1.82) is 0 Å². The topological polar surface area (TPSA) is 124 Å². The summed E-state index contributed by atoms with van der Waals surface area (Å²) in [6.45, 7) is 11.6. The van der Waals surface area contributed by atoms with Crippen LogP contribution in [0.3, 0.4) is 0 Å².